The van der Waals surface area contributed by atoms with Gasteiger partial charge in [-0.2, -0.15) is 5.10 Å². The van der Waals surface area contributed by atoms with Gasteiger partial charge in [-0.05, 0) is 24.3 Å². The predicted octanol–water partition coefficient (Wildman–Crippen LogP) is 1.44. The van der Waals surface area contributed by atoms with Gasteiger partial charge in [0, 0.05) is 6.20 Å². The normalized spacial score (nSPS) is 15.7. The third-order valence-corrected chi connectivity index (χ3v) is 3.30. The number of pyridine rings is 1. The van der Waals surface area contributed by atoms with Crippen LogP contribution in [0.15, 0.2) is 71.6 Å². The molecule has 0 spiro atoms. The van der Waals surface area contributed by atoms with Crippen LogP contribution in [-0.2, 0) is 14.3 Å². The van der Waals surface area contributed by atoms with E-state index in [0.29, 0.717) is 17.2 Å². The zero-order valence-corrected chi connectivity index (χ0v) is 12.8. The molecule has 0 radical (unpaired) electrons. The van der Waals surface area contributed by atoms with E-state index in [0.717, 1.165) is 6.08 Å². The Balaban J connectivity index is 2.09. The highest BCUT2D eigenvalue weighted by Crippen LogP contribution is 2.21. The SMILES string of the molecule is COC(=O)/C=C1\NN=C(c2ccccn2)N(c2ccccc2)C1=O. The van der Waals surface area contributed by atoms with Crippen molar-refractivity contribution in [2.24, 2.45) is 5.10 Å². The van der Waals surface area contributed by atoms with Crippen LogP contribution in [0.5, 0.6) is 0 Å². The first-order valence-electron chi connectivity index (χ1n) is 7.15. The highest BCUT2D eigenvalue weighted by atomic mass is 16.5. The molecule has 0 atom stereocenters. The number of ether oxygens (including phenoxy) is 1. The average Bonchev–Trinajstić information content (AvgIpc) is 2.64. The Morgan fingerprint density at radius 1 is 1.17 bits per heavy atom. The summed E-state index contributed by atoms with van der Waals surface area (Å²) < 4.78 is 4.57. The molecule has 1 aliphatic rings. The summed E-state index contributed by atoms with van der Waals surface area (Å²) in [5, 5.41) is 4.21. The number of carbonyl (C=O) groups excluding carboxylic acids is 2. The largest absolute Gasteiger partial charge is 0.466 e. The van der Waals surface area contributed by atoms with E-state index in [1.807, 2.05) is 18.2 Å². The van der Waals surface area contributed by atoms with Crippen molar-refractivity contribution in [2.75, 3.05) is 12.0 Å². The van der Waals surface area contributed by atoms with Gasteiger partial charge >= 0.3 is 5.97 Å². The first-order chi connectivity index (χ1) is 11.7. The van der Waals surface area contributed by atoms with Gasteiger partial charge in [-0.15, -0.1) is 0 Å². The van der Waals surface area contributed by atoms with Gasteiger partial charge in [0.2, 0.25) is 0 Å². The predicted molar refractivity (Wildman–Crippen MR) is 87.9 cm³/mol. The van der Waals surface area contributed by atoms with E-state index in [4.69, 9.17) is 0 Å². The zero-order valence-electron chi connectivity index (χ0n) is 12.8. The molecule has 2 heterocycles. The average molecular weight is 322 g/mol. The molecule has 7 nitrogen and oxygen atoms in total. The third kappa shape index (κ3) is 3.00. The Kier molecular flexibility index (Phi) is 4.33. The second kappa shape index (κ2) is 6.74. The van der Waals surface area contributed by atoms with E-state index in [-0.39, 0.29) is 5.70 Å². The molecule has 0 aliphatic carbocycles. The molecule has 0 saturated carbocycles. The number of aromatic nitrogens is 1. The van der Waals surface area contributed by atoms with Crippen molar-refractivity contribution in [1.82, 2.24) is 10.4 Å². The van der Waals surface area contributed by atoms with Crippen molar-refractivity contribution in [3.63, 3.8) is 0 Å². The number of nitrogens with one attached hydrogen (secondary N) is 1. The highest BCUT2D eigenvalue weighted by Gasteiger charge is 2.31. The van der Waals surface area contributed by atoms with Gasteiger partial charge in [-0.3, -0.25) is 20.1 Å². The second-order valence-corrected chi connectivity index (χ2v) is 4.82. The lowest BCUT2D eigenvalue weighted by Gasteiger charge is -2.28. The minimum atomic E-state index is -0.643. The molecule has 1 aromatic carbocycles. The van der Waals surface area contributed by atoms with Gasteiger partial charge < -0.3 is 4.74 Å². The fourth-order valence-electron chi connectivity index (χ4n) is 2.18. The van der Waals surface area contributed by atoms with Gasteiger partial charge in [0.25, 0.3) is 5.91 Å². The molecular formula is C17H14N4O3. The first kappa shape index (κ1) is 15.4. The van der Waals surface area contributed by atoms with E-state index in [9.17, 15) is 9.59 Å². The number of hydrogen-bond donors (Lipinski definition) is 1. The monoisotopic (exact) mass is 322 g/mol. The van der Waals surface area contributed by atoms with Gasteiger partial charge in [0.15, 0.2) is 5.84 Å². The lowest BCUT2D eigenvalue weighted by molar-refractivity contribution is -0.135. The molecule has 7 heteroatoms. The van der Waals surface area contributed by atoms with Crippen molar-refractivity contribution < 1.29 is 14.3 Å². The molecule has 0 unspecified atom stereocenters. The molecule has 24 heavy (non-hydrogen) atoms. The molecule has 1 amide bonds. The minimum Gasteiger partial charge on any atom is -0.466 e. The Bertz CT molecular complexity index is 816. The maximum absolute atomic E-state index is 12.8. The number of hydrazone groups is 1. The summed E-state index contributed by atoms with van der Waals surface area (Å²) >= 11 is 0. The number of amidine groups is 1. The van der Waals surface area contributed by atoms with Crippen molar-refractivity contribution in [2.45, 2.75) is 0 Å². The van der Waals surface area contributed by atoms with Crippen LogP contribution in [0.3, 0.4) is 0 Å². The van der Waals surface area contributed by atoms with E-state index in [1.54, 1.807) is 36.5 Å². The summed E-state index contributed by atoms with van der Waals surface area (Å²) in [6, 6.07) is 14.3. The number of carbonyl (C=O) groups is 2. The molecule has 1 aliphatic heterocycles. The Morgan fingerprint density at radius 3 is 2.58 bits per heavy atom. The summed E-state index contributed by atoms with van der Waals surface area (Å²) in [6.07, 6.45) is 2.68. The van der Waals surface area contributed by atoms with E-state index in [1.165, 1.54) is 12.0 Å². The number of hydrogen-bond acceptors (Lipinski definition) is 6. The molecule has 2 aromatic rings. The van der Waals surface area contributed by atoms with Gasteiger partial charge in [0.1, 0.15) is 11.4 Å². The number of amides is 1. The van der Waals surface area contributed by atoms with Crippen LogP contribution in [0, 0.1) is 0 Å². The van der Waals surface area contributed by atoms with Crippen molar-refractivity contribution in [3.8, 4) is 0 Å². The third-order valence-electron chi connectivity index (χ3n) is 3.30. The van der Waals surface area contributed by atoms with Crippen LogP contribution in [-0.4, -0.2) is 29.8 Å². The van der Waals surface area contributed by atoms with Gasteiger partial charge in [-0.25, -0.2) is 4.79 Å². The van der Waals surface area contributed by atoms with Crippen LogP contribution < -0.4 is 10.3 Å². The number of benzene rings is 1. The molecule has 1 N–H and O–H groups in total. The maximum Gasteiger partial charge on any atom is 0.332 e. The van der Waals surface area contributed by atoms with E-state index >= 15 is 0 Å². The Morgan fingerprint density at radius 2 is 1.92 bits per heavy atom. The van der Waals surface area contributed by atoms with Crippen LogP contribution in [0.25, 0.3) is 0 Å². The van der Waals surface area contributed by atoms with Crippen LogP contribution in [0.1, 0.15) is 5.69 Å². The van der Waals surface area contributed by atoms with E-state index in [2.05, 4.69) is 20.2 Å². The van der Waals surface area contributed by atoms with Gasteiger partial charge in [0.05, 0.1) is 18.9 Å². The zero-order chi connectivity index (χ0) is 16.9. The molecular weight excluding hydrogens is 308 g/mol. The first-order valence-corrected chi connectivity index (χ1v) is 7.15. The quantitative estimate of drug-likeness (QED) is 0.683. The van der Waals surface area contributed by atoms with Crippen molar-refractivity contribution >= 4 is 23.4 Å². The van der Waals surface area contributed by atoms with Crippen LogP contribution in [0.4, 0.5) is 5.69 Å². The van der Waals surface area contributed by atoms with Gasteiger partial charge in [-0.1, -0.05) is 24.3 Å². The number of anilines is 1. The minimum absolute atomic E-state index is 0.0189. The summed E-state index contributed by atoms with van der Waals surface area (Å²) in [7, 11) is 1.24. The fourth-order valence-corrected chi connectivity index (χ4v) is 2.18. The molecule has 1 aromatic heterocycles. The lowest BCUT2D eigenvalue weighted by Crippen LogP contribution is -2.46. The molecule has 3 rings (SSSR count). The standard InChI is InChI=1S/C17H14N4O3/c1-24-15(22)11-14-17(23)21(12-7-3-2-4-8-12)16(20-19-14)13-9-5-6-10-18-13/h2-11,19H,1H3/b14-11-. The fraction of sp³-hybridized carbons (Fsp3) is 0.0588. The van der Waals surface area contributed by atoms with Crippen LogP contribution >= 0.6 is 0 Å². The number of para-hydroxylation sites is 1. The Labute approximate surface area is 138 Å². The summed E-state index contributed by atoms with van der Waals surface area (Å²) in [5.41, 5.74) is 3.76. The molecule has 0 saturated heterocycles. The molecule has 0 bridgehead atoms. The highest BCUT2D eigenvalue weighted by molar-refractivity contribution is 6.28. The summed E-state index contributed by atoms with van der Waals surface area (Å²) in [6.45, 7) is 0. The topological polar surface area (TPSA) is 83.9 Å². The second-order valence-electron chi connectivity index (χ2n) is 4.82. The smallest absolute Gasteiger partial charge is 0.332 e. The summed E-state index contributed by atoms with van der Waals surface area (Å²) in [4.78, 5) is 29.9. The number of rotatable bonds is 3. The van der Waals surface area contributed by atoms with Crippen LogP contribution in [0.2, 0.25) is 0 Å². The number of nitrogens with zero attached hydrogens (tertiary/aromatic N) is 3. The maximum atomic E-state index is 12.8. The lowest BCUT2D eigenvalue weighted by atomic mass is 10.2. The summed E-state index contributed by atoms with van der Waals surface area (Å²) in [5.74, 6) is -0.730. The number of esters is 1. The number of methoxy groups -OCH3 is 1. The molecule has 120 valence electrons. The molecule has 0 fully saturated rings. The van der Waals surface area contributed by atoms with Crippen molar-refractivity contribution in [3.05, 3.63) is 72.2 Å². The van der Waals surface area contributed by atoms with E-state index < -0.39 is 11.9 Å². The van der Waals surface area contributed by atoms with Crippen molar-refractivity contribution in [1.29, 1.82) is 0 Å². The Hall–Kier alpha value is -3.48.